The van der Waals surface area contributed by atoms with Crippen LogP contribution >= 0.6 is 58.7 Å². The number of aromatic nitrogens is 8. The van der Waals surface area contributed by atoms with E-state index in [2.05, 4.69) is 93.9 Å². The number of nitrogen functional groups attached to an aromatic ring is 2. The quantitative estimate of drug-likeness (QED) is 0.0146. The lowest BCUT2D eigenvalue weighted by molar-refractivity contribution is -0.348. The second-order valence-electron chi connectivity index (χ2n) is 25.1. The summed E-state index contributed by atoms with van der Waals surface area (Å²) in [4.78, 5) is 188. The number of hydrogen-bond donors (Lipinski definition) is 11. The fraction of sp³-hybridized carbons (Fsp3) is 0.704. The van der Waals surface area contributed by atoms with Crippen LogP contribution in [-0.4, -0.2) is 206 Å². The van der Waals surface area contributed by atoms with Crippen LogP contribution in [0.4, 0.5) is 11.6 Å². The van der Waals surface area contributed by atoms with Crippen molar-refractivity contribution in [3.8, 4) is 0 Å². The number of carboxylic acid groups (broad SMARTS) is 1. The zero-order valence-corrected chi connectivity index (χ0v) is 66.0. The number of aliphatic carboxylic acids is 1. The van der Waals surface area contributed by atoms with Gasteiger partial charge in [0, 0.05) is 68.4 Å². The van der Waals surface area contributed by atoms with Crippen molar-refractivity contribution in [1.29, 1.82) is 0 Å². The summed E-state index contributed by atoms with van der Waals surface area (Å²) in [5, 5.41) is 60.2. The van der Waals surface area contributed by atoms with Gasteiger partial charge < -0.3 is 143 Å². The van der Waals surface area contributed by atoms with Crippen molar-refractivity contribution in [2.75, 3.05) is 69.8 Å². The third-order valence-corrected chi connectivity index (χ3v) is 22.1. The zero-order chi connectivity index (χ0) is 83.0. The van der Waals surface area contributed by atoms with Crippen molar-refractivity contribution >= 4 is 127 Å². The number of amides is 4. The smallest absolute Gasteiger partial charge is 0.303 e. The number of thioether (sulfide) groups is 1. The summed E-state index contributed by atoms with van der Waals surface area (Å²) >= 11 is 1.11. The Kier molecular flexibility index (Phi) is 38.2. The monoisotopic (exact) mass is 1710 g/mol. The number of phosphoric acid groups is 6. The summed E-state index contributed by atoms with van der Waals surface area (Å²) in [6.45, 7) is 6.36. The minimum absolute atomic E-state index is 0.0125. The largest absolute Gasteiger partial charge is 0.790 e. The second kappa shape index (κ2) is 43.3. The number of phosphoric ester groups is 6. The molecular weight excluding hydrogens is 1620 g/mol. The number of unbranched alkanes of at least 4 members (excludes halogenated alkanes) is 4. The van der Waals surface area contributed by atoms with E-state index in [-0.39, 0.29) is 77.5 Å². The van der Waals surface area contributed by atoms with Crippen molar-refractivity contribution in [1.82, 2.24) is 60.3 Å². The first kappa shape index (κ1) is 96.9. The lowest BCUT2D eigenvalue weighted by Crippen LogP contribution is -2.46. The number of aliphatic hydroxyl groups is 4. The third kappa shape index (κ3) is 32.5. The highest BCUT2D eigenvalue weighted by molar-refractivity contribution is 8.13. The number of anilines is 2. The summed E-state index contributed by atoms with van der Waals surface area (Å²) in [5.74, 6) is -3.24. The van der Waals surface area contributed by atoms with Gasteiger partial charge in [-0.1, -0.05) is 79.0 Å². The number of carbonyl (C=O) groups is 6. The lowest BCUT2D eigenvalue weighted by atomic mass is 9.87. The molecule has 2 fully saturated rings. The Morgan fingerprint density at radius 1 is 0.555 bits per heavy atom. The predicted molar refractivity (Wildman–Crippen MR) is 361 cm³/mol. The fourth-order valence-corrected chi connectivity index (χ4v) is 15.7. The number of rotatable bonds is 44. The van der Waals surface area contributed by atoms with Gasteiger partial charge in [-0.3, -0.25) is 56.2 Å². The molecule has 0 radical (unpaired) electrons. The number of nitrogens with two attached hydrogens (primary N) is 2. The topological polar surface area (TPSA) is 770 Å². The minimum atomic E-state index is -5.91. The molecule has 626 valence electrons. The predicted octanol–water partition coefficient (Wildman–Crippen LogP) is -4.73. The number of carboxylic acids is 1. The van der Waals surface area contributed by atoms with E-state index in [9.17, 15) is 116 Å². The number of aliphatic hydroxyl groups excluding tert-OH is 4. The van der Waals surface area contributed by atoms with Crippen LogP contribution in [0.1, 0.15) is 125 Å². The molecule has 4 aromatic heterocycles. The van der Waals surface area contributed by atoms with Crippen LogP contribution in [0.25, 0.3) is 22.3 Å². The molecule has 0 bridgehead atoms. The van der Waals surface area contributed by atoms with Crippen LogP contribution in [-0.2, 0) is 101 Å². The van der Waals surface area contributed by atoms with Crippen molar-refractivity contribution in [2.45, 2.75) is 174 Å². The van der Waals surface area contributed by atoms with E-state index in [0.29, 0.717) is 25.1 Å². The third-order valence-electron chi connectivity index (χ3n) is 15.1. The van der Waals surface area contributed by atoms with E-state index < -0.39 is 169 Å². The molecule has 14 atom stereocenters. The number of imidazole rings is 2. The maximum atomic E-state index is 12.5. The van der Waals surface area contributed by atoms with Crippen molar-refractivity contribution < 1.29 is 166 Å². The van der Waals surface area contributed by atoms with Gasteiger partial charge in [0.2, 0.25) is 23.6 Å². The summed E-state index contributed by atoms with van der Waals surface area (Å²) in [6.07, 6.45) is -8.42. The van der Waals surface area contributed by atoms with Crippen LogP contribution in [0.2, 0.25) is 0 Å². The normalized spacial score (nSPS) is 21.7. The highest BCUT2D eigenvalue weighted by Gasteiger charge is 2.49. The molecule has 110 heavy (non-hydrogen) atoms. The van der Waals surface area contributed by atoms with Crippen molar-refractivity contribution in [3.05, 3.63) is 25.3 Å². The van der Waals surface area contributed by atoms with Gasteiger partial charge >= 0.3 is 5.97 Å². The van der Waals surface area contributed by atoms with Crippen molar-refractivity contribution in [3.63, 3.8) is 0 Å². The summed E-state index contributed by atoms with van der Waals surface area (Å²) in [6, 6.07) is 0. The van der Waals surface area contributed by atoms with Gasteiger partial charge in [-0.05, 0) is 19.8 Å². The molecule has 2 aliphatic rings. The number of fused-ring (bicyclic) bond motifs is 2. The molecule has 49 nitrogen and oxygen atoms in total. The van der Waals surface area contributed by atoms with Gasteiger partial charge in [-0.2, -0.15) is 0 Å². The summed E-state index contributed by atoms with van der Waals surface area (Å²) in [7, 11) is -35.1. The highest BCUT2D eigenvalue weighted by Crippen LogP contribution is 2.58. The molecule has 2 aliphatic heterocycles. The Morgan fingerprint density at radius 3 is 1.31 bits per heavy atom. The molecule has 0 saturated carbocycles. The van der Waals surface area contributed by atoms with Crippen LogP contribution in [0, 0.1) is 10.8 Å². The van der Waals surface area contributed by atoms with E-state index in [0.717, 1.165) is 84.7 Å². The van der Waals surface area contributed by atoms with Gasteiger partial charge in [0.25, 0.3) is 31.3 Å². The highest BCUT2D eigenvalue weighted by atomic mass is 32.2. The number of ether oxygens (including phenoxy) is 2. The standard InChI is InChI=1S/C27H46N7O17P3S.C21H36N7O16P3.C6H12O2/c1-4-5-6-7-18(36)55-11-10-29-17(35)8-9-30-25(39)22(38)27(2,3)13-48-54(45,46)51-53(43,44)47-12-16-21(50-52(40,41)42)20(37)26(49-16)34-15-33-19-23(28)31-14-32-24(19)34;1-4-23-12(29)5-6-24-19(32)16(31)21(2,3)8-41-47(38,39)44-46(36,37)40-7-11-15(43-45(33,34)35)14(30)20(42-11)28-10-27-13-17(22)25-9-26-18(13)28;1-2-3-4-5-6(7)8/h14-16,20-22,26,37-38H,4-13H2,1-3H3,(H,29,35)(H,30,39)(H,43,44)(H,45,46)(H2,28,31,32)(H2,40,41,42);9-11,14-16,20,30-31H,4-8H2,1-3H3,(H,23,29)(H,24,32)(H,36,37)(H,38,39)(H2,22,25,26)(H2,33,34,35);2-5H2,1H3,(H,7,8)/p-8. The Bertz CT molecular complexity index is 4020. The average molecular weight is 1710 g/mol. The van der Waals surface area contributed by atoms with Gasteiger partial charge in [0.15, 0.2) is 40.5 Å². The Morgan fingerprint density at radius 2 is 0.936 bits per heavy atom. The summed E-state index contributed by atoms with van der Waals surface area (Å²) < 4.78 is 120. The molecule has 0 aromatic carbocycles. The first-order chi connectivity index (χ1) is 51.0. The van der Waals surface area contributed by atoms with Crippen LogP contribution in [0.5, 0.6) is 0 Å². The molecule has 6 heterocycles. The van der Waals surface area contributed by atoms with Gasteiger partial charge in [-0.25, -0.2) is 38.5 Å². The van der Waals surface area contributed by atoms with Gasteiger partial charge in [-0.15, -0.1) is 0 Å². The van der Waals surface area contributed by atoms with Crippen LogP contribution < -0.4 is 71.9 Å². The zero-order valence-electron chi connectivity index (χ0n) is 59.8. The molecule has 2 saturated heterocycles. The number of nitrogens with zero attached hydrogens (tertiary/aromatic N) is 8. The Hall–Kier alpha value is -5.43. The van der Waals surface area contributed by atoms with E-state index in [1.807, 2.05) is 6.92 Å². The minimum Gasteiger partial charge on any atom is -0.790 e. The number of carbonyl (C=O) groups excluding carboxylic acids is 5. The average Bonchev–Trinajstić information content (AvgIpc) is 1.62. The molecule has 4 aromatic rings. The van der Waals surface area contributed by atoms with Crippen molar-refractivity contribution in [2.24, 2.45) is 10.8 Å². The molecule has 0 aliphatic carbocycles. The molecule has 14 unspecified atom stereocenters. The fourth-order valence-electron chi connectivity index (χ4n) is 9.50. The van der Waals surface area contributed by atoms with E-state index in [1.165, 1.54) is 27.7 Å². The van der Waals surface area contributed by atoms with Gasteiger partial charge in [0.1, 0.15) is 72.5 Å². The van der Waals surface area contributed by atoms with Crippen LogP contribution in [0.15, 0.2) is 25.3 Å². The molecule has 0 spiro atoms. The number of nitrogens with one attached hydrogen (secondary N) is 4. The maximum absolute atomic E-state index is 12.5. The molecule has 56 heteroatoms. The Labute approximate surface area is 631 Å². The first-order valence-corrected chi connectivity index (χ1v) is 42.8. The van der Waals surface area contributed by atoms with E-state index in [4.69, 9.17) is 26.0 Å². The lowest BCUT2D eigenvalue weighted by Gasteiger charge is -2.36. The number of hydrogen-bond acceptors (Lipinski definition) is 43. The second-order valence-corrected chi connectivity index (χ2v) is 34.4. The van der Waals surface area contributed by atoms with E-state index >= 15 is 0 Å². The molecular formula is C54H86N14O35P6S-8. The maximum Gasteiger partial charge on any atom is 0.303 e. The SMILES string of the molecule is CCCCCC(=O)O.CCCCCC(=O)SCCNC(=O)CCNC(=O)C(O)C(C)(C)COP(=O)([O-])OP(=O)([O-])OCC1OC(n2cnc3c(N)ncnc32)C(O)C1OP(=O)([O-])[O-].CCNC(=O)CCNC(=O)C(O)C(C)(C)COP(=O)([O-])OP(=O)([O-])OCC1OC(n2cnc3c(N)ncnc32)C(O)C1OP(=O)([O-])[O-]. The summed E-state index contributed by atoms with van der Waals surface area (Å²) in [5.41, 5.74) is 8.19. The first-order valence-electron chi connectivity index (χ1n) is 33.0. The van der Waals surface area contributed by atoms with Gasteiger partial charge in [0.05, 0.1) is 54.7 Å². The van der Waals surface area contributed by atoms with E-state index in [1.54, 1.807) is 6.92 Å². The molecule has 6 rings (SSSR count). The molecule has 4 amide bonds. The van der Waals surface area contributed by atoms with Crippen LogP contribution in [0.3, 0.4) is 0 Å². The molecule has 13 N–H and O–H groups in total. The Balaban J connectivity index is 0.000000426.